The third kappa shape index (κ3) is 2.14. The van der Waals surface area contributed by atoms with Crippen molar-refractivity contribution in [3.05, 3.63) is 17.5 Å². The lowest BCUT2D eigenvalue weighted by Crippen LogP contribution is -2.18. The minimum Gasteiger partial charge on any atom is -0.357 e. The van der Waals surface area contributed by atoms with Gasteiger partial charge in [-0.15, -0.1) is 0 Å². The van der Waals surface area contributed by atoms with E-state index >= 15 is 0 Å². The van der Waals surface area contributed by atoms with Gasteiger partial charge in [-0.3, -0.25) is 4.79 Å². The fourth-order valence-electron chi connectivity index (χ4n) is 2.64. The molecule has 1 aliphatic heterocycles. The van der Waals surface area contributed by atoms with Crippen LogP contribution in [-0.4, -0.2) is 22.2 Å². The highest BCUT2D eigenvalue weighted by molar-refractivity contribution is 5.97. The number of hydrogen-bond donors (Lipinski definition) is 0. The van der Waals surface area contributed by atoms with E-state index in [0.717, 1.165) is 50.0 Å². The zero-order valence-corrected chi connectivity index (χ0v) is 10.0. The summed E-state index contributed by atoms with van der Waals surface area (Å²) in [4.78, 5) is 11.9. The Kier molecular flexibility index (Phi) is 2.97. The van der Waals surface area contributed by atoms with Crippen molar-refractivity contribution in [1.29, 1.82) is 0 Å². The maximum Gasteiger partial charge on any atom is 0.166 e. The van der Waals surface area contributed by atoms with Gasteiger partial charge in [-0.2, -0.15) is 5.10 Å². The first-order valence-corrected chi connectivity index (χ1v) is 6.57. The van der Waals surface area contributed by atoms with E-state index in [1.165, 1.54) is 6.42 Å². The molecule has 2 heterocycles. The highest BCUT2D eigenvalue weighted by atomic mass is 16.5. The standard InChI is InChI=1S/C13H18N2O2/c16-12-6-2-1-5-11-10(12)9-15(14-11)13-7-3-4-8-17-13/h9,13H,1-8H2. The highest BCUT2D eigenvalue weighted by Crippen LogP contribution is 2.25. The van der Waals surface area contributed by atoms with E-state index in [4.69, 9.17) is 4.74 Å². The van der Waals surface area contributed by atoms with Crippen LogP contribution < -0.4 is 0 Å². The van der Waals surface area contributed by atoms with E-state index in [2.05, 4.69) is 5.10 Å². The van der Waals surface area contributed by atoms with Gasteiger partial charge in [-0.1, -0.05) is 0 Å². The molecule has 0 radical (unpaired) electrons. The van der Waals surface area contributed by atoms with E-state index in [1.807, 2.05) is 10.9 Å². The zero-order valence-electron chi connectivity index (χ0n) is 10.0. The van der Waals surface area contributed by atoms with Crippen LogP contribution in [0.25, 0.3) is 0 Å². The quantitative estimate of drug-likeness (QED) is 0.701. The van der Waals surface area contributed by atoms with Gasteiger partial charge in [0.05, 0.1) is 11.3 Å². The van der Waals surface area contributed by atoms with Crippen LogP contribution in [0, 0.1) is 0 Å². The molecular weight excluding hydrogens is 216 g/mol. The fourth-order valence-corrected chi connectivity index (χ4v) is 2.64. The number of hydrogen-bond acceptors (Lipinski definition) is 3. The summed E-state index contributed by atoms with van der Waals surface area (Å²) in [6.07, 6.45) is 8.94. The number of Topliss-reactive ketones (excluding diaryl/α,β-unsaturated/α-hetero) is 1. The van der Waals surface area contributed by atoms with Crippen molar-refractivity contribution in [3.63, 3.8) is 0 Å². The Labute approximate surface area is 101 Å². The molecular formula is C13H18N2O2. The van der Waals surface area contributed by atoms with E-state index < -0.39 is 0 Å². The van der Waals surface area contributed by atoms with Gasteiger partial charge in [0, 0.05) is 19.2 Å². The Morgan fingerprint density at radius 2 is 2.12 bits per heavy atom. The number of aromatic nitrogens is 2. The van der Waals surface area contributed by atoms with Crippen molar-refractivity contribution in [2.75, 3.05) is 6.61 Å². The third-order valence-electron chi connectivity index (χ3n) is 3.63. The van der Waals surface area contributed by atoms with Gasteiger partial charge in [0.1, 0.15) is 6.23 Å². The Morgan fingerprint density at radius 3 is 2.94 bits per heavy atom. The second kappa shape index (κ2) is 4.61. The lowest BCUT2D eigenvalue weighted by molar-refractivity contribution is -0.0397. The number of ether oxygens (including phenoxy) is 1. The largest absolute Gasteiger partial charge is 0.357 e. The number of carbonyl (C=O) groups excluding carboxylic acids is 1. The molecule has 1 aromatic rings. The highest BCUT2D eigenvalue weighted by Gasteiger charge is 2.23. The summed E-state index contributed by atoms with van der Waals surface area (Å²) in [5, 5.41) is 4.56. The van der Waals surface area contributed by atoms with Crippen LogP contribution in [-0.2, 0) is 11.2 Å². The Morgan fingerprint density at radius 1 is 1.24 bits per heavy atom. The molecule has 4 heteroatoms. The molecule has 0 aromatic carbocycles. The summed E-state index contributed by atoms with van der Waals surface area (Å²) in [6, 6.07) is 0. The second-order valence-electron chi connectivity index (χ2n) is 4.92. The first-order chi connectivity index (χ1) is 8.34. The van der Waals surface area contributed by atoms with E-state index in [9.17, 15) is 4.79 Å². The van der Waals surface area contributed by atoms with Crippen molar-refractivity contribution >= 4 is 5.78 Å². The summed E-state index contributed by atoms with van der Waals surface area (Å²) in [5.41, 5.74) is 1.80. The van der Waals surface area contributed by atoms with Crippen molar-refractivity contribution in [3.8, 4) is 0 Å². The molecule has 1 fully saturated rings. The first-order valence-electron chi connectivity index (χ1n) is 6.57. The number of aryl methyl sites for hydroxylation is 1. The Bertz CT molecular complexity index is 419. The number of fused-ring (bicyclic) bond motifs is 1. The number of ketones is 1. The predicted octanol–water partition coefficient (Wildman–Crippen LogP) is 2.49. The minimum atomic E-state index is 0.0449. The van der Waals surface area contributed by atoms with Crippen molar-refractivity contribution < 1.29 is 9.53 Å². The van der Waals surface area contributed by atoms with Gasteiger partial charge in [-0.25, -0.2) is 4.68 Å². The maximum absolute atomic E-state index is 11.9. The SMILES string of the molecule is O=C1CCCCc2nn(C3CCCCO3)cc21. The predicted molar refractivity (Wildman–Crippen MR) is 63.0 cm³/mol. The molecule has 0 amide bonds. The number of carbonyl (C=O) groups is 1. The average molecular weight is 234 g/mol. The van der Waals surface area contributed by atoms with Gasteiger partial charge >= 0.3 is 0 Å². The van der Waals surface area contributed by atoms with Crippen LogP contribution in [0.15, 0.2) is 6.20 Å². The normalized spacial score (nSPS) is 25.4. The van der Waals surface area contributed by atoms with E-state index in [1.54, 1.807) is 0 Å². The molecule has 0 saturated carbocycles. The summed E-state index contributed by atoms with van der Waals surface area (Å²) >= 11 is 0. The number of rotatable bonds is 1. The Hall–Kier alpha value is -1.16. The molecule has 0 spiro atoms. The van der Waals surface area contributed by atoms with E-state index in [-0.39, 0.29) is 12.0 Å². The lowest BCUT2D eigenvalue weighted by Gasteiger charge is -2.22. The summed E-state index contributed by atoms with van der Waals surface area (Å²) in [7, 11) is 0. The maximum atomic E-state index is 11.9. The molecule has 1 saturated heterocycles. The van der Waals surface area contributed by atoms with E-state index in [0.29, 0.717) is 6.42 Å². The fraction of sp³-hybridized carbons (Fsp3) is 0.692. The molecule has 2 aliphatic rings. The first kappa shape index (κ1) is 11.0. The van der Waals surface area contributed by atoms with Crippen molar-refractivity contribution in [2.45, 2.75) is 51.2 Å². The molecule has 17 heavy (non-hydrogen) atoms. The molecule has 0 bridgehead atoms. The molecule has 1 atom stereocenters. The van der Waals surface area contributed by atoms with Gasteiger partial charge in [0.15, 0.2) is 5.78 Å². The molecule has 3 rings (SSSR count). The van der Waals surface area contributed by atoms with Crippen molar-refractivity contribution in [2.24, 2.45) is 0 Å². The van der Waals surface area contributed by atoms with Crippen molar-refractivity contribution in [1.82, 2.24) is 9.78 Å². The average Bonchev–Trinajstić information content (AvgIpc) is 2.72. The lowest BCUT2D eigenvalue weighted by atomic mass is 10.1. The van der Waals surface area contributed by atoms with Gasteiger partial charge in [-0.05, 0) is 38.5 Å². The molecule has 4 nitrogen and oxygen atoms in total. The second-order valence-corrected chi connectivity index (χ2v) is 4.92. The molecule has 92 valence electrons. The Balaban J connectivity index is 1.87. The molecule has 1 unspecified atom stereocenters. The zero-order chi connectivity index (χ0) is 11.7. The van der Waals surface area contributed by atoms with Crippen LogP contribution in [0.5, 0.6) is 0 Å². The van der Waals surface area contributed by atoms with Crippen LogP contribution >= 0.6 is 0 Å². The minimum absolute atomic E-state index is 0.0449. The molecule has 0 N–H and O–H groups in total. The summed E-state index contributed by atoms with van der Waals surface area (Å²) < 4.78 is 7.57. The summed E-state index contributed by atoms with van der Waals surface area (Å²) in [6.45, 7) is 0.809. The third-order valence-corrected chi connectivity index (χ3v) is 3.63. The molecule has 1 aromatic heterocycles. The smallest absolute Gasteiger partial charge is 0.166 e. The van der Waals surface area contributed by atoms with Crippen LogP contribution in [0.4, 0.5) is 0 Å². The summed E-state index contributed by atoms with van der Waals surface area (Å²) in [5.74, 6) is 0.250. The van der Waals surface area contributed by atoms with Crippen LogP contribution in [0.1, 0.15) is 60.8 Å². The van der Waals surface area contributed by atoms with Gasteiger partial charge < -0.3 is 4.74 Å². The monoisotopic (exact) mass is 234 g/mol. The van der Waals surface area contributed by atoms with Crippen LogP contribution in [0.2, 0.25) is 0 Å². The number of nitrogens with zero attached hydrogens (tertiary/aromatic N) is 2. The van der Waals surface area contributed by atoms with Crippen LogP contribution in [0.3, 0.4) is 0 Å². The van der Waals surface area contributed by atoms with Gasteiger partial charge in [0.25, 0.3) is 0 Å². The molecule has 1 aliphatic carbocycles. The topological polar surface area (TPSA) is 44.1 Å². The van der Waals surface area contributed by atoms with Gasteiger partial charge in [0.2, 0.25) is 0 Å².